The van der Waals surface area contributed by atoms with Crippen LogP contribution in [0.25, 0.3) is 0 Å². The molecule has 0 aliphatic heterocycles. The Balaban J connectivity index is 1.97. The zero-order valence-corrected chi connectivity index (χ0v) is 14.3. The summed E-state index contributed by atoms with van der Waals surface area (Å²) in [4.78, 5) is 14.2. The number of hydrogen-bond donors (Lipinski definition) is 0. The van der Waals surface area contributed by atoms with Crippen molar-refractivity contribution in [2.45, 2.75) is 6.54 Å². The number of nitrogens with zero attached hydrogens (tertiary/aromatic N) is 1. The molecule has 0 N–H and O–H groups in total. The van der Waals surface area contributed by atoms with Crippen molar-refractivity contribution in [2.24, 2.45) is 0 Å². The molecule has 0 bridgehead atoms. The Labute approximate surface area is 136 Å². The van der Waals surface area contributed by atoms with E-state index in [1.54, 1.807) is 0 Å². The van der Waals surface area contributed by atoms with E-state index in [2.05, 4.69) is 44.0 Å². The minimum atomic E-state index is 0.129. The molecule has 2 aromatic rings. The second-order valence-corrected chi connectivity index (χ2v) is 6.57. The van der Waals surface area contributed by atoms with Gasteiger partial charge in [-0.25, -0.2) is 0 Å². The van der Waals surface area contributed by atoms with Gasteiger partial charge in [0.15, 0.2) is 5.78 Å². The summed E-state index contributed by atoms with van der Waals surface area (Å²) >= 11 is 6.84. The van der Waals surface area contributed by atoms with Crippen molar-refractivity contribution in [1.82, 2.24) is 4.90 Å². The highest BCUT2D eigenvalue weighted by atomic mass is 79.9. The average Bonchev–Trinajstić information content (AvgIpc) is 2.38. The van der Waals surface area contributed by atoms with Crippen molar-refractivity contribution in [2.75, 3.05) is 13.6 Å². The van der Waals surface area contributed by atoms with Crippen molar-refractivity contribution >= 4 is 37.6 Å². The third kappa shape index (κ3) is 4.54. The third-order valence-electron chi connectivity index (χ3n) is 2.90. The number of carbonyl (C=O) groups excluding carboxylic acids is 1. The molecular weight excluding hydrogens is 382 g/mol. The highest BCUT2D eigenvalue weighted by molar-refractivity contribution is 9.10. The van der Waals surface area contributed by atoms with Gasteiger partial charge in [-0.05, 0) is 36.9 Å². The third-order valence-corrected chi connectivity index (χ3v) is 3.89. The van der Waals surface area contributed by atoms with E-state index < -0.39 is 0 Å². The summed E-state index contributed by atoms with van der Waals surface area (Å²) in [5, 5.41) is 0. The Morgan fingerprint density at radius 1 is 1.05 bits per heavy atom. The lowest BCUT2D eigenvalue weighted by Gasteiger charge is -2.16. The fourth-order valence-corrected chi connectivity index (χ4v) is 2.85. The van der Waals surface area contributed by atoms with Crippen molar-refractivity contribution in [1.29, 1.82) is 0 Å². The predicted molar refractivity (Wildman–Crippen MR) is 88.9 cm³/mol. The molecule has 0 saturated carbocycles. The van der Waals surface area contributed by atoms with Crippen molar-refractivity contribution in [3.05, 3.63) is 68.6 Å². The zero-order valence-electron chi connectivity index (χ0n) is 11.1. The monoisotopic (exact) mass is 395 g/mol. The van der Waals surface area contributed by atoms with E-state index in [4.69, 9.17) is 0 Å². The van der Waals surface area contributed by atoms with E-state index in [1.165, 1.54) is 5.56 Å². The number of hydrogen-bond acceptors (Lipinski definition) is 2. The lowest BCUT2D eigenvalue weighted by molar-refractivity contribution is 0.0943. The van der Waals surface area contributed by atoms with E-state index in [9.17, 15) is 4.79 Å². The number of ketones is 1. The van der Waals surface area contributed by atoms with Gasteiger partial charge in [0, 0.05) is 21.1 Å². The van der Waals surface area contributed by atoms with Crippen LogP contribution in [0.1, 0.15) is 15.9 Å². The van der Waals surface area contributed by atoms with Gasteiger partial charge in [0.05, 0.1) is 6.54 Å². The normalized spacial score (nSPS) is 10.8. The minimum absolute atomic E-state index is 0.129. The topological polar surface area (TPSA) is 20.3 Å². The molecule has 0 unspecified atom stereocenters. The van der Waals surface area contributed by atoms with Gasteiger partial charge >= 0.3 is 0 Å². The summed E-state index contributed by atoms with van der Waals surface area (Å²) in [6.07, 6.45) is 0. The molecule has 0 aliphatic carbocycles. The van der Waals surface area contributed by atoms with Crippen LogP contribution in [-0.4, -0.2) is 24.3 Å². The summed E-state index contributed by atoms with van der Waals surface area (Å²) < 4.78 is 1.99. The fourth-order valence-electron chi connectivity index (χ4n) is 2.00. The molecule has 0 fully saturated rings. The second kappa shape index (κ2) is 7.16. The van der Waals surface area contributed by atoms with Crippen molar-refractivity contribution < 1.29 is 4.79 Å². The van der Waals surface area contributed by atoms with Crippen LogP contribution >= 0.6 is 31.9 Å². The Kier molecular flexibility index (Phi) is 5.52. The summed E-state index contributed by atoms with van der Waals surface area (Å²) in [5.41, 5.74) is 1.92. The van der Waals surface area contributed by atoms with E-state index in [0.717, 1.165) is 21.1 Å². The standard InChI is InChI=1S/C16H15Br2NO/c1-19(10-12-4-2-6-14(17)8-12)11-16(20)13-5-3-7-15(18)9-13/h2-9H,10-11H2,1H3. The molecule has 0 atom stereocenters. The molecule has 2 aromatic carbocycles. The lowest BCUT2D eigenvalue weighted by atomic mass is 10.1. The molecule has 2 rings (SSSR count). The minimum Gasteiger partial charge on any atom is -0.295 e. The van der Waals surface area contributed by atoms with Crippen LogP contribution in [0.4, 0.5) is 0 Å². The maximum Gasteiger partial charge on any atom is 0.176 e. The summed E-state index contributed by atoms with van der Waals surface area (Å²) in [6, 6.07) is 15.6. The van der Waals surface area contributed by atoms with Crippen LogP contribution in [0.3, 0.4) is 0 Å². The number of rotatable bonds is 5. The maximum atomic E-state index is 12.2. The van der Waals surface area contributed by atoms with Gasteiger partial charge < -0.3 is 0 Å². The summed E-state index contributed by atoms with van der Waals surface area (Å²) in [7, 11) is 1.96. The van der Waals surface area contributed by atoms with Gasteiger partial charge in [-0.1, -0.05) is 56.1 Å². The quantitative estimate of drug-likeness (QED) is 0.692. The number of Topliss-reactive ketones (excluding diaryl/α,β-unsaturated/α-hetero) is 1. The molecule has 20 heavy (non-hydrogen) atoms. The molecule has 4 heteroatoms. The Morgan fingerprint density at radius 2 is 1.70 bits per heavy atom. The number of likely N-dealkylation sites (N-methyl/N-ethyl adjacent to an activating group) is 1. The van der Waals surface area contributed by atoms with Gasteiger partial charge in [0.25, 0.3) is 0 Å². The molecule has 0 spiro atoms. The smallest absolute Gasteiger partial charge is 0.176 e. The van der Waals surface area contributed by atoms with Gasteiger partial charge in [-0.2, -0.15) is 0 Å². The van der Waals surface area contributed by atoms with Crippen LogP contribution in [0, 0.1) is 0 Å². The number of carbonyl (C=O) groups is 1. The highest BCUT2D eigenvalue weighted by Crippen LogP contribution is 2.14. The molecular formula is C16H15Br2NO. The predicted octanol–water partition coefficient (Wildman–Crippen LogP) is 4.53. The van der Waals surface area contributed by atoms with E-state index >= 15 is 0 Å². The maximum absolute atomic E-state index is 12.2. The first-order chi connectivity index (χ1) is 9.54. The van der Waals surface area contributed by atoms with Crippen molar-refractivity contribution in [3.63, 3.8) is 0 Å². The van der Waals surface area contributed by atoms with E-state index in [1.807, 2.05) is 48.3 Å². The van der Waals surface area contributed by atoms with Gasteiger partial charge in [0.2, 0.25) is 0 Å². The van der Waals surface area contributed by atoms with Crippen molar-refractivity contribution in [3.8, 4) is 0 Å². The highest BCUT2D eigenvalue weighted by Gasteiger charge is 2.10. The number of halogens is 2. The van der Waals surface area contributed by atoms with Crippen LogP contribution in [0.2, 0.25) is 0 Å². The molecule has 2 nitrogen and oxygen atoms in total. The molecule has 0 amide bonds. The van der Waals surface area contributed by atoms with Crippen LogP contribution < -0.4 is 0 Å². The van der Waals surface area contributed by atoms with Gasteiger partial charge in [-0.15, -0.1) is 0 Å². The molecule has 104 valence electrons. The number of benzene rings is 2. The zero-order chi connectivity index (χ0) is 14.5. The summed E-state index contributed by atoms with van der Waals surface area (Å²) in [6.45, 7) is 1.15. The van der Waals surface area contributed by atoms with Gasteiger partial charge in [-0.3, -0.25) is 9.69 Å². The van der Waals surface area contributed by atoms with Gasteiger partial charge in [0.1, 0.15) is 0 Å². The van der Waals surface area contributed by atoms with Crippen LogP contribution in [-0.2, 0) is 6.54 Å². The Bertz CT molecular complexity index is 613. The Hall–Kier alpha value is -0.970. The van der Waals surface area contributed by atoms with Crippen LogP contribution in [0.15, 0.2) is 57.5 Å². The van der Waals surface area contributed by atoms with E-state index in [0.29, 0.717) is 6.54 Å². The first kappa shape index (κ1) is 15.4. The van der Waals surface area contributed by atoms with E-state index in [-0.39, 0.29) is 5.78 Å². The first-order valence-corrected chi connectivity index (χ1v) is 7.85. The SMILES string of the molecule is CN(CC(=O)c1cccc(Br)c1)Cc1cccc(Br)c1. The fraction of sp³-hybridized carbons (Fsp3) is 0.188. The first-order valence-electron chi connectivity index (χ1n) is 6.26. The molecule has 0 aliphatic rings. The molecule has 0 radical (unpaired) electrons. The molecule has 0 heterocycles. The Morgan fingerprint density at radius 3 is 2.35 bits per heavy atom. The average molecular weight is 397 g/mol. The largest absolute Gasteiger partial charge is 0.295 e. The second-order valence-electron chi connectivity index (χ2n) is 4.74. The molecule has 0 saturated heterocycles. The lowest BCUT2D eigenvalue weighted by Crippen LogP contribution is -2.25. The molecule has 0 aromatic heterocycles. The summed E-state index contributed by atoms with van der Waals surface area (Å²) in [5.74, 6) is 0.129. The van der Waals surface area contributed by atoms with Crippen LogP contribution in [0.5, 0.6) is 0 Å².